The zero-order valence-electron chi connectivity index (χ0n) is 14.0. The average Bonchev–Trinajstić information content (AvgIpc) is 2.62. The molecule has 0 aliphatic carbocycles. The van der Waals surface area contributed by atoms with E-state index in [1.54, 1.807) is 0 Å². The van der Waals surface area contributed by atoms with Gasteiger partial charge in [-0.3, -0.25) is 4.98 Å². The molecule has 1 heterocycles. The predicted molar refractivity (Wildman–Crippen MR) is 99.5 cm³/mol. The van der Waals surface area contributed by atoms with Gasteiger partial charge in [-0.15, -0.1) is 0 Å². The summed E-state index contributed by atoms with van der Waals surface area (Å²) in [6, 6.07) is 16.2. The summed E-state index contributed by atoms with van der Waals surface area (Å²) in [5.74, 6) is 1.56. The number of hydrogen-bond acceptors (Lipinski definition) is 3. The van der Waals surface area contributed by atoms with Gasteiger partial charge in [0.2, 0.25) is 0 Å². The van der Waals surface area contributed by atoms with Gasteiger partial charge in [0.05, 0.1) is 18.7 Å². The van der Waals surface area contributed by atoms with Crippen LogP contribution in [0, 0.1) is 0 Å². The van der Waals surface area contributed by atoms with Gasteiger partial charge in [-0.05, 0) is 49.2 Å². The smallest absolute Gasteiger partial charge is 0.161 e. The Morgan fingerprint density at radius 1 is 0.875 bits per heavy atom. The van der Waals surface area contributed by atoms with Crippen molar-refractivity contribution in [3.05, 3.63) is 65.9 Å². The van der Waals surface area contributed by atoms with Crippen molar-refractivity contribution in [2.45, 2.75) is 13.8 Å². The Bertz CT molecular complexity index is 850. The zero-order valence-corrected chi connectivity index (χ0v) is 14.0. The maximum absolute atomic E-state index is 5.68. The van der Waals surface area contributed by atoms with Crippen LogP contribution in [0.3, 0.4) is 0 Å². The van der Waals surface area contributed by atoms with Crippen molar-refractivity contribution in [1.29, 1.82) is 0 Å². The summed E-state index contributed by atoms with van der Waals surface area (Å²) in [6.45, 7) is 5.18. The molecule has 122 valence electrons. The highest BCUT2D eigenvalue weighted by molar-refractivity contribution is 5.90. The van der Waals surface area contributed by atoms with Crippen molar-refractivity contribution < 1.29 is 9.47 Å². The maximum atomic E-state index is 5.68. The van der Waals surface area contributed by atoms with Crippen LogP contribution in [0.5, 0.6) is 11.5 Å². The maximum Gasteiger partial charge on any atom is 0.161 e. The zero-order chi connectivity index (χ0) is 16.8. The van der Waals surface area contributed by atoms with Crippen molar-refractivity contribution in [3.8, 4) is 11.5 Å². The van der Waals surface area contributed by atoms with Crippen LogP contribution < -0.4 is 9.47 Å². The quantitative estimate of drug-likeness (QED) is 0.625. The van der Waals surface area contributed by atoms with E-state index in [0.717, 1.165) is 33.5 Å². The minimum atomic E-state index is 0.613. The van der Waals surface area contributed by atoms with Gasteiger partial charge in [0, 0.05) is 11.6 Å². The van der Waals surface area contributed by atoms with Crippen LogP contribution in [0.15, 0.2) is 54.7 Å². The second-order valence-corrected chi connectivity index (χ2v) is 5.32. The van der Waals surface area contributed by atoms with Gasteiger partial charge >= 0.3 is 0 Å². The molecule has 0 aliphatic heterocycles. The van der Waals surface area contributed by atoms with Crippen LogP contribution >= 0.6 is 0 Å². The Morgan fingerprint density at radius 2 is 1.67 bits per heavy atom. The van der Waals surface area contributed by atoms with E-state index < -0.39 is 0 Å². The normalized spacial score (nSPS) is 11.1. The lowest BCUT2D eigenvalue weighted by atomic mass is 10.1. The molecule has 3 aromatic rings. The third kappa shape index (κ3) is 3.57. The first-order valence-corrected chi connectivity index (χ1v) is 8.23. The topological polar surface area (TPSA) is 31.4 Å². The van der Waals surface area contributed by atoms with Crippen molar-refractivity contribution in [1.82, 2.24) is 4.98 Å². The van der Waals surface area contributed by atoms with Gasteiger partial charge < -0.3 is 9.47 Å². The first kappa shape index (κ1) is 16.1. The molecule has 3 rings (SSSR count). The number of para-hydroxylation sites is 1. The summed E-state index contributed by atoms with van der Waals surface area (Å²) in [4.78, 5) is 4.40. The summed E-state index contributed by atoms with van der Waals surface area (Å²) < 4.78 is 11.3. The Morgan fingerprint density at radius 3 is 2.50 bits per heavy atom. The minimum absolute atomic E-state index is 0.613. The van der Waals surface area contributed by atoms with Crippen molar-refractivity contribution in [3.63, 3.8) is 0 Å². The largest absolute Gasteiger partial charge is 0.490 e. The molecule has 24 heavy (non-hydrogen) atoms. The summed E-state index contributed by atoms with van der Waals surface area (Å²) >= 11 is 0. The molecule has 3 heteroatoms. The van der Waals surface area contributed by atoms with E-state index in [9.17, 15) is 0 Å². The van der Waals surface area contributed by atoms with Crippen LogP contribution in [-0.4, -0.2) is 18.2 Å². The van der Waals surface area contributed by atoms with E-state index in [-0.39, 0.29) is 0 Å². The lowest BCUT2D eigenvalue weighted by Crippen LogP contribution is -1.98. The first-order chi connectivity index (χ1) is 11.8. The Hall–Kier alpha value is -2.81. The van der Waals surface area contributed by atoms with Gasteiger partial charge in [-0.25, -0.2) is 0 Å². The molecule has 0 radical (unpaired) electrons. The van der Waals surface area contributed by atoms with Crippen molar-refractivity contribution >= 4 is 23.1 Å². The van der Waals surface area contributed by atoms with Gasteiger partial charge in [-0.2, -0.15) is 0 Å². The molecular weight excluding hydrogens is 298 g/mol. The van der Waals surface area contributed by atoms with E-state index in [1.807, 2.05) is 62.5 Å². The van der Waals surface area contributed by atoms with Gasteiger partial charge in [0.1, 0.15) is 0 Å². The van der Waals surface area contributed by atoms with E-state index in [2.05, 4.69) is 23.2 Å². The molecule has 0 spiro atoms. The molecular formula is C21H21NO2. The molecule has 3 nitrogen and oxygen atoms in total. The predicted octanol–water partition coefficient (Wildman–Crippen LogP) is 5.20. The van der Waals surface area contributed by atoms with Crippen LogP contribution in [0.1, 0.15) is 25.0 Å². The van der Waals surface area contributed by atoms with Crippen molar-refractivity contribution in [2.24, 2.45) is 0 Å². The molecule has 2 aromatic carbocycles. The number of ether oxygens (including phenoxy) is 2. The number of hydrogen-bond donors (Lipinski definition) is 0. The number of nitrogens with zero attached hydrogens (tertiary/aromatic N) is 1. The molecule has 0 bridgehead atoms. The van der Waals surface area contributed by atoms with Gasteiger partial charge in [-0.1, -0.05) is 36.4 Å². The lowest BCUT2D eigenvalue weighted by Gasteiger charge is -2.11. The highest BCUT2D eigenvalue weighted by atomic mass is 16.5. The Balaban J connectivity index is 1.92. The number of rotatable bonds is 6. The molecule has 0 N–H and O–H groups in total. The molecule has 0 aliphatic rings. The Kier molecular flexibility index (Phi) is 5.12. The standard InChI is InChI=1S/C21H21NO2/c1-3-23-20-12-10-16(15-21(20)24-4-2)9-11-17-13-14-22-19-8-6-5-7-18(17)19/h5-15H,3-4H2,1-2H3. The number of fused-ring (bicyclic) bond motifs is 1. The summed E-state index contributed by atoms with van der Waals surface area (Å²) in [6.07, 6.45) is 6.03. The van der Waals surface area contributed by atoms with E-state index in [0.29, 0.717) is 13.2 Å². The summed E-state index contributed by atoms with van der Waals surface area (Å²) in [7, 11) is 0. The monoisotopic (exact) mass is 319 g/mol. The fraction of sp³-hybridized carbons (Fsp3) is 0.190. The lowest BCUT2D eigenvalue weighted by molar-refractivity contribution is 0.287. The van der Waals surface area contributed by atoms with E-state index in [1.165, 1.54) is 0 Å². The van der Waals surface area contributed by atoms with Crippen LogP contribution in [0.2, 0.25) is 0 Å². The van der Waals surface area contributed by atoms with Crippen LogP contribution in [-0.2, 0) is 0 Å². The highest BCUT2D eigenvalue weighted by Gasteiger charge is 2.05. The minimum Gasteiger partial charge on any atom is -0.490 e. The Labute approximate surface area is 142 Å². The molecule has 0 atom stereocenters. The van der Waals surface area contributed by atoms with Crippen LogP contribution in [0.4, 0.5) is 0 Å². The van der Waals surface area contributed by atoms with E-state index >= 15 is 0 Å². The molecule has 0 saturated heterocycles. The number of aromatic nitrogens is 1. The second kappa shape index (κ2) is 7.64. The SMILES string of the molecule is CCOc1ccc(C=Cc2ccnc3ccccc23)cc1OCC. The molecule has 0 amide bonds. The number of benzene rings is 2. The summed E-state index contributed by atoms with van der Waals surface area (Å²) in [5.41, 5.74) is 3.22. The van der Waals surface area contributed by atoms with Crippen molar-refractivity contribution in [2.75, 3.05) is 13.2 Å². The second-order valence-electron chi connectivity index (χ2n) is 5.32. The molecule has 0 saturated carbocycles. The fourth-order valence-electron chi connectivity index (χ4n) is 2.62. The number of pyridine rings is 1. The molecule has 0 fully saturated rings. The molecule has 0 unspecified atom stereocenters. The van der Waals surface area contributed by atoms with Gasteiger partial charge in [0.15, 0.2) is 11.5 Å². The highest BCUT2D eigenvalue weighted by Crippen LogP contribution is 2.29. The van der Waals surface area contributed by atoms with Crippen LogP contribution in [0.25, 0.3) is 23.1 Å². The summed E-state index contributed by atoms with van der Waals surface area (Å²) in [5, 5.41) is 1.15. The third-order valence-electron chi connectivity index (χ3n) is 3.71. The molecule has 1 aromatic heterocycles. The first-order valence-electron chi connectivity index (χ1n) is 8.23. The van der Waals surface area contributed by atoms with E-state index in [4.69, 9.17) is 9.47 Å². The fourth-order valence-corrected chi connectivity index (χ4v) is 2.62. The third-order valence-corrected chi connectivity index (χ3v) is 3.71. The van der Waals surface area contributed by atoms with Gasteiger partial charge in [0.25, 0.3) is 0 Å². The average molecular weight is 319 g/mol.